The van der Waals surface area contributed by atoms with E-state index < -0.39 is 21.5 Å². The lowest BCUT2D eigenvalue weighted by Gasteiger charge is -2.36. The highest BCUT2D eigenvalue weighted by Crippen LogP contribution is 2.34. The number of hydrogen-bond donors (Lipinski definition) is 1. The fourth-order valence-electron chi connectivity index (χ4n) is 5.92. The van der Waals surface area contributed by atoms with Crippen LogP contribution in [0.25, 0.3) is 22.2 Å². The van der Waals surface area contributed by atoms with Gasteiger partial charge in [0.05, 0.1) is 18.1 Å². The quantitative estimate of drug-likeness (QED) is 0.281. The minimum atomic E-state index is -3.08. The molecule has 12 heteroatoms. The summed E-state index contributed by atoms with van der Waals surface area (Å²) in [4.78, 5) is 11.1. The van der Waals surface area contributed by atoms with Crippen LogP contribution in [0.1, 0.15) is 11.1 Å². The van der Waals surface area contributed by atoms with Gasteiger partial charge in [-0.2, -0.15) is 4.98 Å². The van der Waals surface area contributed by atoms with Crippen molar-refractivity contribution in [2.75, 3.05) is 81.3 Å². The summed E-state index contributed by atoms with van der Waals surface area (Å²) in [5.41, 5.74) is 4.91. The SMILES string of the molecule is COCCN1CCN(c2ccc(Nc3nc4cccc(-c5cc(F)c(CN6CCS(=O)(=O)CC6)c(F)c5)c4o3)cc2C)CC1. The van der Waals surface area contributed by atoms with E-state index in [1.54, 1.807) is 30.2 Å². The topological polar surface area (TPSA) is 91.2 Å². The monoisotopic (exact) mass is 625 g/mol. The zero-order valence-electron chi connectivity index (χ0n) is 25.0. The van der Waals surface area contributed by atoms with Crippen LogP contribution in [-0.2, 0) is 21.1 Å². The number of anilines is 3. The molecule has 2 fully saturated rings. The Bertz CT molecular complexity index is 1720. The number of oxazole rings is 1. The molecule has 0 spiro atoms. The van der Waals surface area contributed by atoms with Crippen molar-refractivity contribution < 1.29 is 26.4 Å². The number of hydrogen-bond acceptors (Lipinski definition) is 9. The summed E-state index contributed by atoms with van der Waals surface area (Å²) < 4.78 is 65.2. The molecule has 0 unspecified atom stereocenters. The van der Waals surface area contributed by atoms with Gasteiger partial charge in [-0.05, 0) is 54.4 Å². The molecule has 2 aliphatic rings. The number of para-hydroxylation sites is 1. The van der Waals surface area contributed by atoms with E-state index in [0.29, 0.717) is 22.2 Å². The Morgan fingerprint density at radius 1 is 0.955 bits per heavy atom. The Labute approximate surface area is 256 Å². The second-order valence-electron chi connectivity index (χ2n) is 11.5. The average Bonchev–Trinajstić information content (AvgIpc) is 3.41. The van der Waals surface area contributed by atoms with Gasteiger partial charge in [0, 0.05) is 82.0 Å². The number of ether oxygens (including phenoxy) is 1. The van der Waals surface area contributed by atoms with E-state index in [-0.39, 0.29) is 42.7 Å². The number of rotatable bonds is 9. The normalized spacial score (nSPS) is 17.8. The van der Waals surface area contributed by atoms with Crippen molar-refractivity contribution in [3.8, 4) is 11.1 Å². The van der Waals surface area contributed by atoms with Gasteiger partial charge in [0.1, 0.15) is 17.2 Å². The van der Waals surface area contributed by atoms with Gasteiger partial charge in [0.15, 0.2) is 15.4 Å². The molecule has 3 aromatic carbocycles. The van der Waals surface area contributed by atoms with Gasteiger partial charge in [-0.3, -0.25) is 9.80 Å². The molecule has 1 N–H and O–H groups in total. The number of piperazine rings is 1. The Morgan fingerprint density at radius 3 is 2.36 bits per heavy atom. The maximum atomic E-state index is 15.2. The van der Waals surface area contributed by atoms with Crippen LogP contribution in [0.3, 0.4) is 0 Å². The molecule has 0 bridgehead atoms. The predicted molar refractivity (Wildman–Crippen MR) is 168 cm³/mol. The highest BCUT2D eigenvalue weighted by Gasteiger charge is 2.24. The van der Waals surface area contributed by atoms with Crippen molar-refractivity contribution in [2.45, 2.75) is 13.5 Å². The van der Waals surface area contributed by atoms with Crippen LogP contribution in [0.2, 0.25) is 0 Å². The van der Waals surface area contributed by atoms with E-state index in [9.17, 15) is 8.42 Å². The molecule has 0 radical (unpaired) electrons. The summed E-state index contributed by atoms with van der Waals surface area (Å²) in [6.45, 7) is 8.19. The summed E-state index contributed by atoms with van der Waals surface area (Å²) in [6, 6.07) is 14.3. The molecule has 1 aromatic heterocycles. The van der Waals surface area contributed by atoms with Crippen LogP contribution in [0, 0.1) is 18.6 Å². The van der Waals surface area contributed by atoms with Gasteiger partial charge in [-0.25, -0.2) is 17.2 Å². The molecule has 0 atom stereocenters. The number of halogens is 2. The first-order valence-electron chi connectivity index (χ1n) is 14.8. The Balaban J connectivity index is 1.17. The first kappa shape index (κ1) is 30.4. The first-order chi connectivity index (χ1) is 21.2. The third-order valence-corrected chi connectivity index (χ3v) is 10.1. The average molecular weight is 626 g/mol. The highest BCUT2D eigenvalue weighted by atomic mass is 32.2. The van der Waals surface area contributed by atoms with Gasteiger partial charge in [-0.1, -0.05) is 12.1 Å². The molecule has 0 aliphatic carbocycles. The van der Waals surface area contributed by atoms with Crippen LogP contribution in [0.5, 0.6) is 0 Å². The number of aryl methyl sites for hydroxylation is 1. The lowest BCUT2D eigenvalue weighted by molar-refractivity contribution is 0.144. The summed E-state index contributed by atoms with van der Waals surface area (Å²) >= 11 is 0. The molecule has 2 aliphatic heterocycles. The third-order valence-electron chi connectivity index (χ3n) is 8.46. The first-order valence-corrected chi connectivity index (χ1v) is 16.7. The standard InChI is InChI=1S/C32H37F2N5O4S/c1-22-18-24(6-7-30(22)39-10-8-37(9-11-39)12-15-42-2)35-32-36-29-5-3-4-25(31(29)43-32)23-19-27(33)26(28(34)20-23)21-38-13-16-44(40,41)17-14-38/h3-7,18-20H,8-17,21H2,1-2H3,(H,35,36). The molecule has 0 saturated carbocycles. The number of sulfone groups is 1. The van der Waals surface area contributed by atoms with Crippen molar-refractivity contribution in [3.05, 3.63) is 71.3 Å². The van der Waals surface area contributed by atoms with E-state index >= 15 is 8.78 Å². The number of nitrogens with zero attached hydrogens (tertiary/aromatic N) is 4. The number of aromatic nitrogens is 1. The molecule has 234 valence electrons. The lowest BCUT2D eigenvalue weighted by Crippen LogP contribution is -2.47. The Hall–Kier alpha value is -3.58. The number of methoxy groups -OCH3 is 1. The Kier molecular flexibility index (Phi) is 8.86. The van der Waals surface area contributed by atoms with E-state index in [2.05, 4.69) is 39.2 Å². The number of nitrogens with one attached hydrogen (secondary N) is 1. The van der Waals surface area contributed by atoms with Crippen molar-refractivity contribution in [1.82, 2.24) is 14.8 Å². The summed E-state index contributed by atoms with van der Waals surface area (Å²) in [5.74, 6) is -1.38. The predicted octanol–water partition coefficient (Wildman–Crippen LogP) is 4.82. The van der Waals surface area contributed by atoms with E-state index in [0.717, 1.165) is 50.6 Å². The number of fused-ring (bicyclic) bond motifs is 1. The van der Waals surface area contributed by atoms with Crippen LogP contribution >= 0.6 is 0 Å². The highest BCUT2D eigenvalue weighted by molar-refractivity contribution is 7.91. The molecule has 9 nitrogen and oxygen atoms in total. The van der Waals surface area contributed by atoms with Gasteiger partial charge in [0.2, 0.25) is 0 Å². The van der Waals surface area contributed by atoms with Crippen LogP contribution in [0.4, 0.5) is 26.2 Å². The molecule has 2 saturated heterocycles. The van der Waals surface area contributed by atoms with Crippen LogP contribution < -0.4 is 10.2 Å². The van der Waals surface area contributed by atoms with Crippen LogP contribution in [0.15, 0.2) is 52.9 Å². The smallest absolute Gasteiger partial charge is 0.300 e. The van der Waals surface area contributed by atoms with E-state index in [1.165, 1.54) is 17.8 Å². The van der Waals surface area contributed by atoms with Gasteiger partial charge in [-0.15, -0.1) is 0 Å². The molecule has 3 heterocycles. The third kappa shape index (κ3) is 6.73. The molecule has 44 heavy (non-hydrogen) atoms. The van der Waals surface area contributed by atoms with Gasteiger partial charge < -0.3 is 19.4 Å². The van der Waals surface area contributed by atoms with Gasteiger partial charge in [0.25, 0.3) is 6.01 Å². The van der Waals surface area contributed by atoms with Crippen molar-refractivity contribution in [2.24, 2.45) is 0 Å². The van der Waals surface area contributed by atoms with Crippen molar-refractivity contribution >= 4 is 38.3 Å². The fourth-order valence-corrected chi connectivity index (χ4v) is 7.19. The maximum absolute atomic E-state index is 15.2. The minimum Gasteiger partial charge on any atom is -0.423 e. The summed E-state index contributed by atoms with van der Waals surface area (Å²) in [6.07, 6.45) is 0. The zero-order chi connectivity index (χ0) is 30.8. The van der Waals surface area contributed by atoms with Crippen molar-refractivity contribution in [1.29, 1.82) is 0 Å². The molecule has 6 rings (SSSR count). The lowest BCUT2D eigenvalue weighted by atomic mass is 10.0. The summed E-state index contributed by atoms with van der Waals surface area (Å²) in [5, 5.41) is 3.24. The second-order valence-corrected chi connectivity index (χ2v) is 13.8. The van der Waals surface area contributed by atoms with E-state index in [1.807, 2.05) is 6.07 Å². The second kappa shape index (κ2) is 12.8. The number of benzene rings is 3. The summed E-state index contributed by atoms with van der Waals surface area (Å²) in [7, 11) is -1.35. The molecular formula is C32H37F2N5O4S. The molecule has 0 amide bonds. The van der Waals surface area contributed by atoms with Crippen LogP contribution in [-0.4, -0.2) is 94.2 Å². The van der Waals surface area contributed by atoms with Gasteiger partial charge >= 0.3 is 0 Å². The zero-order valence-corrected chi connectivity index (χ0v) is 25.8. The van der Waals surface area contributed by atoms with E-state index in [4.69, 9.17) is 9.15 Å². The molecular weight excluding hydrogens is 588 g/mol. The Morgan fingerprint density at radius 2 is 1.68 bits per heavy atom. The fraction of sp³-hybridized carbons (Fsp3) is 0.406. The van der Waals surface area contributed by atoms with Crippen molar-refractivity contribution in [3.63, 3.8) is 0 Å². The minimum absolute atomic E-state index is 0.00507. The largest absolute Gasteiger partial charge is 0.423 e. The molecule has 4 aromatic rings. The maximum Gasteiger partial charge on any atom is 0.300 e.